The molecule has 4 aromatic carbocycles. The highest BCUT2D eigenvalue weighted by Crippen LogP contribution is 2.31. The molecule has 1 N–H and O–H groups in total. The SMILES string of the molecule is O=C(c1cccc2ccccc12)c1ccc(OCCCCCO)c2ccccc12. The molecule has 0 spiro atoms. The Hall–Kier alpha value is -3.17. The summed E-state index contributed by atoms with van der Waals surface area (Å²) in [6.45, 7) is 0.814. The van der Waals surface area contributed by atoms with Crippen LogP contribution in [0.15, 0.2) is 78.9 Å². The zero-order valence-electron chi connectivity index (χ0n) is 16.3. The summed E-state index contributed by atoms with van der Waals surface area (Å²) >= 11 is 0. The molecule has 0 atom stereocenters. The number of unbranched alkanes of at least 4 members (excludes halogenated alkanes) is 2. The summed E-state index contributed by atoms with van der Waals surface area (Å²) in [6.07, 6.45) is 2.63. The number of carbonyl (C=O) groups excluding carboxylic acids is 1. The van der Waals surface area contributed by atoms with Crippen LogP contribution in [0.25, 0.3) is 21.5 Å². The van der Waals surface area contributed by atoms with E-state index in [1.54, 1.807) is 0 Å². The van der Waals surface area contributed by atoms with Gasteiger partial charge in [0.2, 0.25) is 0 Å². The van der Waals surface area contributed by atoms with Gasteiger partial charge in [-0.25, -0.2) is 0 Å². The third-order valence-corrected chi connectivity index (χ3v) is 5.22. The van der Waals surface area contributed by atoms with Crippen LogP contribution in [0.2, 0.25) is 0 Å². The normalized spacial score (nSPS) is 11.1. The Morgan fingerprint density at radius 2 is 1.38 bits per heavy atom. The average Bonchev–Trinajstić information content (AvgIpc) is 2.78. The highest BCUT2D eigenvalue weighted by molar-refractivity contribution is 6.21. The Labute approximate surface area is 170 Å². The van der Waals surface area contributed by atoms with Crippen molar-refractivity contribution in [1.29, 1.82) is 0 Å². The molecule has 29 heavy (non-hydrogen) atoms. The van der Waals surface area contributed by atoms with Gasteiger partial charge < -0.3 is 9.84 Å². The molecule has 4 rings (SSSR count). The smallest absolute Gasteiger partial charge is 0.194 e. The number of fused-ring (bicyclic) bond motifs is 2. The van der Waals surface area contributed by atoms with Gasteiger partial charge in [-0.2, -0.15) is 0 Å². The number of rotatable bonds is 8. The van der Waals surface area contributed by atoms with E-state index in [4.69, 9.17) is 9.84 Å². The number of carbonyl (C=O) groups is 1. The van der Waals surface area contributed by atoms with Crippen molar-refractivity contribution in [3.05, 3.63) is 90.0 Å². The van der Waals surface area contributed by atoms with E-state index in [0.717, 1.165) is 46.6 Å². The molecule has 0 aromatic heterocycles. The van der Waals surface area contributed by atoms with Gasteiger partial charge in [0.25, 0.3) is 0 Å². The molecule has 146 valence electrons. The molecule has 0 bridgehead atoms. The van der Waals surface area contributed by atoms with E-state index >= 15 is 0 Å². The molecular formula is C26H24O3. The van der Waals surface area contributed by atoms with Gasteiger partial charge in [-0.05, 0) is 47.6 Å². The lowest BCUT2D eigenvalue weighted by Crippen LogP contribution is -2.04. The van der Waals surface area contributed by atoms with Gasteiger partial charge in [-0.1, -0.05) is 66.7 Å². The van der Waals surface area contributed by atoms with Crippen LogP contribution in [-0.2, 0) is 0 Å². The van der Waals surface area contributed by atoms with E-state index in [-0.39, 0.29) is 12.4 Å². The van der Waals surface area contributed by atoms with Crippen molar-refractivity contribution in [2.75, 3.05) is 13.2 Å². The summed E-state index contributed by atoms with van der Waals surface area (Å²) in [5.74, 6) is 0.812. The Bertz CT molecular complexity index is 1140. The van der Waals surface area contributed by atoms with Crippen LogP contribution < -0.4 is 4.74 Å². The molecule has 0 fully saturated rings. The largest absolute Gasteiger partial charge is 0.493 e. The lowest BCUT2D eigenvalue weighted by molar-refractivity contribution is 0.104. The monoisotopic (exact) mass is 384 g/mol. The molecule has 0 unspecified atom stereocenters. The predicted octanol–water partition coefficient (Wildman–Crippen LogP) is 5.77. The van der Waals surface area contributed by atoms with Gasteiger partial charge in [0.05, 0.1) is 6.61 Å². The Morgan fingerprint density at radius 3 is 2.21 bits per heavy atom. The van der Waals surface area contributed by atoms with Crippen LogP contribution >= 0.6 is 0 Å². The first-order chi connectivity index (χ1) is 14.3. The standard InChI is InChI=1S/C26H24O3/c27-17-6-1-7-18-29-25-16-15-24(21-12-4-5-13-22(21)25)26(28)23-14-8-10-19-9-2-3-11-20(19)23/h2-5,8-16,27H,1,6-7,17-18H2. The summed E-state index contributed by atoms with van der Waals surface area (Å²) < 4.78 is 5.98. The maximum Gasteiger partial charge on any atom is 0.194 e. The summed E-state index contributed by atoms with van der Waals surface area (Å²) in [5.41, 5.74) is 1.40. The lowest BCUT2D eigenvalue weighted by Gasteiger charge is -2.13. The molecule has 0 saturated heterocycles. The minimum absolute atomic E-state index is 0.0208. The zero-order valence-corrected chi connectivity index (χ0v) is 16.3. The minimum atomic E-state index is 0.0208. The van der Waals surface area contributed by atoms with Crippen molar-refractivity contribution in [2.24, 2.45) is 0 Å². The highest BCUT2D eigenvalue weighted by Gasteiger charge is 2.16. The fourth-order valence-electron chi connectivity index (χ4n) is 3.74. The molecule has 0 amide bonds. The fraction of sp³-hybridized carbons (Fsp3) is 0.192. The van der Waals surface area contributed by atoms with E-state index in [1.165, 1.54) is 0 Å². The summed E-state index contributed by atoms with van der Waals surface area (Å²) in [5, 5.41) is 12.8. The van der Waals surface area contributed by atoms with E-state index < -0.39 is 0 Å². The van der Waals surface area contributed by atoms with E-state index in [0.29, 0.717) is 17.7 Å². The Kier molecular flexibility index (Phi) is 5.87. The zero-order chi connectivity index (χ0) is 20.1. The Balaban J connectivity index is 1.69. The molecule has 0 saturated carbocycles. The van der Waals surface area contributed by atoms with Crippen LogP contribution in [0.1, 0.15) is 35.2 Å². The van der Waals surface area contributed by atoms with Crippen molar-refractivity contribution >= 4 is 27.3 Å². The molecule has 4 aromatic rings. The average molecular weight is 384 g/mol. The number of benzene rings is 4. The van der Waals surface area contributed by atoms with Crippen LogP contribution in [-0.4, -0.2) is 24.1 Å². The van der Waals surface area contributed by atoms with Crippen molar-refractivity contribution in [3.63, 3.8) is 0 Å². The van der Waals surface area contributed by atoms with Crippen molar-refractivity contribution in [3.8, 4) is 5.75 Å². The Morgan fingerprint density at radius 1 is 0.690 bits per heavy atom. The maximum atomic E-state index is 13.5. The molecule has 3 nitrogen and oxygen atoms in total. The van der Waals surface area contributed by atoms with E-state index in [2.05, 4.69) is 0 Å². The summed E-state index contributed by atoms with van der Waals surface area (Å²) in [7, 11) is 0. The maximum absolute atomic E-state index is 13.5. The van der Waals surface area contributed by atoms with Gasteiger partial charge >= 0.3 is 0 Å². The van der Waals surface area contributed by atoms with Crippen LogP contribution in [0, 0.1) is 0 Å². The van der Waals surface area contributed by atoms with E-state index in [9.17, 15) is 4.79 Å². The second kappa shape index (κ2) is 8.89. The molecular weight excluding hydrogens is 360 g/mol. The van der Waals surface area contributed by atoms with Gasteiger partial charge in [-0.15, -0.1) is 0 Å². The fourth-order valence-corrected chi connectivity index (χ4v) is 3.74. The summed E-state index contributed by atoms with van der Waals surface area (Å²) in [6, 6.07) is 25.5. The van der Waals surface area contributed by atoms with Crippen LogP contribution in [0.5, 0.6) is 5.75 Å². The number of hydrogen-bond acceptors (Lipinski definition) is 3. The summed E-state index contributed by atoms with van der Waals surface area (Å²) in [4.78, 5) is 13.5. The molecule has 3 heteroatoms. The predicted molar refractivity (Wildman–Crippen MR) is 118 cm³/mol. The van der Waals surface area contributed by atoms with Gasteiger partial charge in [-0.3, -0.25) is 4.79 Å². The number of aliphatic hydroxyl groups excluding tert-OH is 1. The van der Waals surface area contributed by atoms with Crippen molar-refractivity contribution < 1.29 is 14.6 Å². The second-order valence-corrected chi connectivity index (χ2v) is 7.15. The first-order valence-corrected chi connectivity index (χ1v) is 10.1. The molecule has 0 aliphatic carbocycles. The van der Waals surface area contributed by atoms with Crippen LogP contribution in [0.3, 0.4) is 0 Å². The second-order valence-electron chi connectivity index (χ2n) is 7.15. The first-order valence-electron chi connectivity index (χ1n) is 10.1. The van der Waals surface area contributed by atoms with Crippen molar-refractivity contribution in [1.82, 2.24) is 0 Å². The number of aliphatic hydroxyl groups is 1. The van der Waals surface area contributed by atoms with Gasteiger partial charge in [0.15, 0.2) is 5.78 Å². The highest BCUT2D eigenvalue weighted by atomic mass is 16.5. The molecule has 0 aliphatic heterocycles. The molecule has 0 radical (unpaired) electrons. The topological polar surface area (TPSA) is 46.5 Å². The number of hydrogen-bond donors (Lipinski definition) is 1. The molecule has 0 heterocycles. The third kappa shape index (κ3) is 4.01. The quantitative estimate of drug-likeness (QED) is 0.310. The molecule has 0 aliphatic rings. The van der Waals surface area contributed by atoms with Crippen molar-refractivity contribution in [2.45, 2.75) is 19.3 Å². The van der Waals surface area contributed by atoms with Crippen LogP contribution in [0.4, 0.5) is 0 Å². The number of ether oxygens (including phenoxy) is 1. The van der Waals surface area contributed by atoms with Gasteiger partial charge in [0, 0.05) is 23.1 Å². The third-order valence-electron chi connectivity index (χ3n) is 5.22. The lowest BCUT2D eigenvalue weighted by atomic mass is 9.93. The van der Waals surface area contributed by atoms with Gasteiger partial charge in [0.1, 0.15) is 5.75 Å². The number of ketones is 1. The minimum Gasteiger partial charge on any atom is -0.493 e. The first kappa shape index (κ1) is 19.2. The van der Waals surface area contributed by atoms with E-state index in [1.807, 2.05) is 78.9 Å².